The first-order valence-electron chi connectivity index (χ1n) is 6.44. The summed E-state index contributed by atoms with van der Waals surface area (Å²) in [6, 6.07) is 5.44. The van der Waals surface area contributed by atoms with Crippen LogP contribution < -0.4 is 5.32 Å². The highest BCUT2D eigenvalue weighted by Crippen LogP contribution is 2.29. The molecule has 0 saturated carbocycles. The Bertz CT molecular complexity index is 831. The maximum Gasteiger partial charge on any atom is 0.239 e. The highest BCUT2D eigenvalue weighted by atomic mass is 35.5. The minimum absolute atomic E-state index is 0.141. The van der Waals surface area contributed by atoms with Crippen LogP contribution in [0.15, 0.2) is 23.4 Å². The number of nitrogens with one attached hydrogen (secondary N) is 2. The maximum absolute atomic E-state index is 12.2. The molecule has 0 spiro atoms. The predicted molar refractivity (Wildman–Crippen MR) is 89.7 cm³/mol. The summed E-state index contributed by atoms with van der Waals surface area (Å²) in [7, 11) is 0. The fraction of sp³-hybridized carbons (Fsp3) is 0.231. The van der Waals surface area contributed by atoms with Crippen molar-refractivity contribution in [2.45, 2.75) is 24.3 Å². The van der Waals surface area contributed by atoms with Crippen molar-refractivity contribution in [2.24, 2.45) is 0 Å². The minimum Gasteiger partial charge on any atom is -0.301 e. The second-order valence-corrected chi connectivity index (χ2v) is 7.36. The van der Waals surface area contributed by atoms with Gasteiger partial charge in [-0.25, -0.2) is 9.97 Å². The van der Waals surface area contributed by atoms with Gasteiger partial charge >= 0.3 is 0 Å². The first-order valence-corrected chi connectivity index (χ1v) is 8.51. The van der Waals surface area contributed by atoms with Crippen LogP contribution in [-0.2, 0) is 4.79 Å². The smallest absolute Gasteiger partial charge is 0.239 e. The lowest BCUT2D eigenvalue weighted by atomic mass is 10.3. The van der Waals surface area contributed by atoms with Gasteiger partial charge in [0.25, 0.3) is 0 Å². The second kappa shape index (κ2) is 6.23. The van der Waals surface area contributed by atoms with Crippen LogP contribution >= 0.6 is 34.7 Å². The molecular formula is C13H12ClN5OS2. The molecule has 2 heterocycles. The number of aromatic nitrogens is 4. The Kier molecular flexibility index (Phi) is 4.32. The summed E-state index contributed by atoms with van der Waals surface area (Å²) in [5.74, 6) is 0.579. The molecule has 0 aliphatic carbocycles. The highest BCUT2D eigenvalue weighted by molar-refractivity contribution is 8.00. The fourth-order valence-electron chi connectivity index (χ4n) is 1.75. The quantitative estimate of drug-likeness (QED) is 0.701. The molecule has 2 aromatic heterocycles. The summed E-state index contributed by atoms with van der Waals surface area (Å²) < 4.78 is 0.938. The topological polar surface area (TPSA) is 83.6 Å². The van der Waals surface area contributed by atoms with E-state index in [-0.39, 0.29) is 11.2 Å². The number of aromatic amines is 1. The Morgan fingerprint density at radius 1 is 1.45 bits per heavy atom. The monoisotopic (exact) mass is 353 g/mol. The van der Waals surface area contributed by atoms with Crippen molar-refractivity contribution < 1.29 is 4.79 Å². The Morgan fingerprint density at radius 3 is 3.00 bits per heavy atom. The number of halogens is 1. The van der Waals surface area contributed by atoms with Crippen LogP contribution in [0.25, 0.3) is 10.2 Å². The SMILES string of the molecule is Cc1nc(S[C@H](C)C(=O)Nc2nc3ccc(Cl)cc3s2)n[nH]1. The van der Waals surface area contributed by atoms with Gasteiger partial charge in [-0.2, -0.15) is 0 Å². The Hall–Kier alpha value is -1.64. The molecule has 3 aromatic rings. The van der Waals surface area contributed by atoms with Gasteiger partial charge in [-0.05, 0) is 32.0 Å². The number of amides is 1. The number of carbonyl (C=O) groups is 1. The number of thioether (sulfide) groups is 1. The standard InChI is InChI=1S/C13H12ClN5OS2/c1-6(21-13-15-7(2)18-19-13)11(20)17-12-16-9-4-3-8(14)5-10(9)22-12/h3-6H,1-2H3,(H,15,18,19)(H,16,17,20)/t6-/m1/s1. The summed E-state index contributed by atoms with van der Waals surface area (Å²) in [5.41, 5.74) is 0.814. The van der Waals surface area contributed by atoms with Crippen LogP contribution in [0.4, 0.5) is 5.13 Å². The minimum atomic E-state index is -0.328. The molecule has 0 unspecified atom stereocenters. The summed E-state index contributed by atoms with van der Waals surface area (Å²) in [5, 5.41) is 11.0. The number of carbonyl (C=O) groups excluding carboxylic acids is 1. The van der Waals surface area contributed by atoms with Gasteiger partial charge in [-0.1, -0.05) is 34.7 Å². The van der Waals surface area contributed by atoms with E-state index in [0.29, 0.717) is 15.3 Å². The molecule has 6 nitrogen and oxygen atoms in total. The van der Waals surface area contributed by atoms with Crippen molar-refractivity contribution in [3.05, 3.63) is 29.0 Å². The van der Waals surface area contributed by atoms with E-state index in [0.717, 1.165) is 16.0 Å². The van der Waals surface area contributed by atoms with Gasteiger partial charge in [-0.3, -0.25) is 9.89 Å². The van der Waals surface area contributed by atoms with Crippen LogP contribution in [0.5, 0.6) is 0 Å². The predicted octanol–water partition coefficient (Wildman–Crippen LogP) is 3.50. The zero-order valence-electron chi connectivity index (χ0n) is 11.8. The number of nitrogens with zero attached hydrogens (tertiary/aromatic N) is 3. The molecule has 1 amide bonds. The van der Waals surface area contributed by atoms with Crippen LogP contribution in [0.3, 0.4) is 0 Å². The van der Waals surface area contributed by atoms with E-state index >= 15 is 0 Å². The average Bonchev–Trinajstić information content (AvgIpc) is 3.04. The van der Waals surface area contributed by atoms with Crippen molar-refractivity contribution in [1.82, 2.24) is 20.2 Å². The number of benzene rings is 1. The molecule has 114 valence electrons. The van der Waals surface area contributed by atoms with Crippen molar-refractivity contribution in [3.8, 4) is 0 Å². The third-order valence-corrected chi connectivity index (χ3v) is 4.94. The van der Waals surface area contributed by atoms with Crippen molar-refractivity contribution in [3.63, 3.8) is 0 Å². The third kappa shape index (κ3) is 3.40. The number of anilines is 1. The Balaban J connectivity index is 1.69. The summed E-state index contributed by atoms with van der Waals surface area (Å²) in [6.45, 7) is 3.62. The number of hydrogen-bond donors (Lipinski definition) is 2. The lowest BCUT2D eigenvalue weighted by Crippen LogP contribution is -2.22. The maximum atomic E-state index is 12.2. The van der Waals surface area contributed by atoms with Gasteiger partial charge < -0.3 is 5.32 Å². The van der Waals surface area contributed by atoms with E-state index in [1.54, 1.807) is 13.0 Å². The summed E-state index contributed by atoms with van der Waals surface area (Å²) in [6.07, 6.45) is 0. The van der Waals surface area contributed by atoms with Crippen molar-refractivity contribution in [2.75, 3.05) is 5.32 Å². The third-order valence-electron chi connectivity index (χ3n) is 2.81. The molecule has 0 radical (unpaired) electrons. The molecule has 9 heteroatoms. The number of aryl methyl sites for hydroxylation is 1. The molecule has 0 aliphatic heterocycles. The molecular weight excluding hydrogens is 342 g/mol. The van der Waals surface area contributed by atoms with Gasteiger partial charge in [0.2, 0.25) is 11.1 Å². The van der Waals surface area contributed by atoms with E-state index < -0.39 is 0 Å². The lowest BCUT2D eigenvalue weighted by Gasteiger charge is -2.07. The molecule has 3 rings (SSSR count). The first kappa shape index (κ1) is 15.3. The summed E-state index contributed by atoms with van der Waals surface area (Å²) >= 11 is 8.63. The van der Waals surface area contributed by atoms with Crippen LogP contribution in [0, 0.1) is 6.92 Å². The molecule has 0 aliphatic rings. The number of rotatable bonds is 4. The molecule has 0 bridgehead atoms. The van der Waals surface area contributed by atoms with E-state index in [1.807, 2.05) is 19.1 Å². The Labute approximate surface area is 139 Å². The van der Waals surface area contributed by atoms with Gasteiger partial charge in [-0.15, -0.1) is 5.10 Å². The largest absolute Gasteiger partial charge is 0.301 e. The van der Waals surface area contributed by atoms with Crippen molar-refractivity contribution in [1.29, 1.82) is 0 Å². The number of thiazole rings is 1. The van der Waals surface area contributed by atoms with Crippen molar-refractivity contribution >= 4 is 56.0 Å². The van der Waals surface area contributed by atoms with E-state index in [2.05, 4.69) is 25.5 Å². The number of hydrogen-bond acceptors (Lipinski definition) is 6. The number of fused-ring (bicyclic) bond motifs is 1. The molecule has 1 aromatic carbocycles. The summed E-state index contributed by atoms with van der Waals surface area (Å²) in [4.78, 5) is 20.8. The zero-order chi connectivity index (χ0) is 15.7. The molecule has 22 heavy (non-hydrogen) atoms. The van der Waals surface area contributed by atoms with Gasteiger partial charge in [0.1, 0.15) is 5.82 Å². The van der Waals surface area contributed by atoms with Gasteiger partial charge in [0, 0.05) is 5.02 Å². The Morgan fingerprint density at radius 2 is 2.27 bits per heavy atom. The van der Waals surface area contributed by atoms with Gasteiger partial charge in [0.05, 0.1) is 15.5 Å². The normalized spacial score (nSPS) is 12.5. The molecule has 0 saturated heterocycles. The van der Waals surface area contributed by atoms with Crippen LogP contribution in [0.2, 0.25) is 5.02 Å². The van der Waals surface area contributed by atoms with E-state index in [9.17, 15) is 4.79 Å². The molecule has 0 fully saturated rings. The zero-order valence-corrected chi connectivity index (χ0v) is 14.1. The number of H-pyrrole nitrogens is 1. The first-order chi connectivity index (χ1) is 10.5. The average molecular weight is 354 g/mol. The van der Waals surface area contributed by atoms with E-state index in [4.69, 9.17) is 11.6 Å². The van der Waals surface area contributed by atoms with Crippen LogP contribution in [0.1, 0.15) is 12.7 Å². The van der Waals surface area contributed by atoms with Crippen LogP contribution in [-0.4, -0.2) is 31.3 Å². The molecule has 2 N–H and O–H groups in total. The van der Waals surface area contributed by atoms with Gasteiger partial charge in [0.15, 0.2) is 5.13 Å². The highest BCUT2D eigenvalue weighted by Gasteiger charge is 2.18. The fourth-order valence-corrected chi connectivity index (χ4v) is 3.66. The second-order valence-electron chi connectivity index (χ2n) is 4.58. The molecule has 1 atom stereocenters. The van der Waals surface area contributed by atoms with E-state index in [1.165, 1.54) is 23.1 Å². The lowest BCUT2D eigenvalue weighted by molar-refractivity contribution is -0.115.